The van der Waals surface area contributed by atoms with Crippen molar-refractivity contribution in [2.45, 2.75) is 58.5 Å². The quantitative estimate of drug-likeness (QED) is 0.530. The molecule has 1 aliphatic rings. The lowest BCUT2D eigenvalue weighted by molar-refractivity contribution is 0.0525. The minimum absolute atomic E-state index is 0.0880. The van der Waals surface area contributed by atoms with E-state index in [0.29, 0.717) is 0 Å². The van der Waals surface area contributed by atoms with Crippen LogP contribution < -0.4 is 0 Å². The summed E-state index contributed by atoms with van der Waals surface area (Å²) in [6.07, 6.45) is 2.24. The third-order valence-corrected chi connectivity index (χ3v) is 5.67. The molecule has 1 heterocycles. The Kier molecular flexibility index (Phi) is 5.13. The smallest absolute Gasteiger partial charge is 0.368 e. The first kappa shape index (κ1) is 18.9. The van der Waals surface area contributed by atoms with Crippen LogP contribution in [0.4, 0.5) is 0 Å². The van der Waals surface area contributed by atoms with Gasteiger partial charge >= 0.3 is 10.0 Å². The molecule has 1 unspecified atom stereocenters. The molecular formula is C23H30O2Si. The predicted octanol–water partition coefficient (Wildman–Crippen LogP) is 5.19. The molecule has 1 N–H and O–H groups in total. The molecule has 0 amide bonds. The molecule has 3 heteroatoms. The van der Waals surface area contributed by atoms with Crippen LogP contribution in [-0.2, 0) is 15.3 Å². The van der Waals surface area contributed by atoms with Gasteiger partial charge in [0.2, 0.25) is 0 Å². The van der Waals surface area contributed by atoms with Gasteiger partial charge in [0.15, 0.2) is 6.10 Å². The van der Waals surface area contributed by atoms with E-state index in [2.05, 4.69) is 96.1 Å². The van der Waals surface area contributed by atoms with Gasteiger partial charge in [-0.3, -0.25) is 0 Å². The molecular weight excluding hydrogens is 336 g/mol. The van der Waals surface area contributed by atoms with Gasteiger partial charge < -0.3 is 8.85 Å². The van der Waals surface area contributed by atoms with E-state index in [1.54, 1.807) is 0 Å². The molecule has 0 saturated heterocycles. The standard InChI is InChI=1S/C23H30O2Si/c1-22(2,3)18-11-7-16(8-12-18)20-15-21(25-26-24-20)17-9-13-19(14-10-17)23(4,5)6/h7-15,20,24,26H,1-6H3. The molecule has 0 radical (unpaired) electrons. The Morgan fingerprint density at radius 3 is 1.77 bits per heavy atom. The van der Waals surface area contributed by atoms with E-state index < -0.39 is 0 Å². The van der Waals surface area contributed by atoms with Gasteiger partial charge in [-0.15, -0.1) is 0 Å². The van der Waals surface area contributed by atoms with Crippen molar-refractivity contribution < 1.29 is 8.85 Å². The minimum atomic E-state index is -0.374. The fourth-order valence-corrected chi connectivity index (χ4v) is 3.82. The number of hydrogen-bond acceptors (Lipinski definition) is 1. The van der Waals surface area contributed by atoms with Crippen LogP contribution in [0, 0.1) is 0 Å². The van der Waals surface area contributed by atoms with Gasteiger partial charge in [0.05, 0.1) is 5.76 Å². The Labute approximate surface area is 160 Å². The fourth-order valence-electron chi connectivity index (χ4n) is 3.04. The van der Waals surface area contributed by atoms with Crippen LogP contribution in [0.5, 0.6) is 0 Å². The highest BCUT2D eigenvalue weighted by molar-refractivity contribution is 6.20. The summed E-state index contributed by atoms with van der Waals surface area (Å²) in [7, 11) is -0.374. The van der Waals surface area contributed by atoms with Crippen molar-refractivity contribution in [3.05, 3.63) is 76.9 Å². The zero-order valence-corrected chi connectivity index (χ0v) is 17.9. The van der Waals surface area contributed by atoms with Crippen molar-refractivity contribution in [1.82, 2.24) is 0 Å². The highest BCUT2D eigenvalue weighted by atomic mass is 28.3. The Balaban J connectivity index is 1.83. The van der Waals surface area contributed by atoms with Crippen LogP contribution in [0.1, 0.15) is 69.9 Å². The second kappa shape index (κ2) is 7.05. The maximum atomic E-state index is 5.90. The summed E-state index contributed by atoms with van der Waals surface area (Å²) in [6.45, 7) is 13.4. The highest BCUT2D eigenvalue weighted by Crippen LogP contribution is 2.30. The number of aliphatic hydroxyl groups is 1. The molecule has 2 aromatic carbocycles. The Bertz CT molecular complexity index is 775. The Morgan fingerprint density at radius 2 is 1.27 bits per heavy atom. The first-order chi connectivity index (χ1) is 12.1. The van der Waals surface area contributed by atoms with Crippen LogP contribution in [0.25, 0.3) is 5.76 Å². The topological polar surface area (TPSA) is 22.0 Å². The number of benzene rings is 2. The lowest BCUT2D eigenvalue weighted by atomic mass is 9.86. The molecule has 0 saturated carbocycles. The molecule has 2 nitrogen and oxygen atoms in total. The van der Waals surface area contributed by atoms with Crippen molar-refractivity contribution >= 4 is 15.8 Å². The molecule has 0 aliphatic carbocycles. The van der Waals surface area contributed by atoms with Crippen molar-refractivity contribution in [2.75, 3.05) is 0 Å². The zero-order valence-electron chi connectivity index (χ0n) is 16.7. The normalized spacial score (nSPS) is 18.2. The van der Waals surface area contributed by atoms with Crippen molar-refractivity contribution in [2.24, 2.45) is 0 Å². The lowest BCUT2D eigenvalue weighted by Crippen LogP contribution is -2.20. The SMILES string of the molecule is CC(C)(C)c1ccc(C2=CC(c3ccc(C(C)(C)C)cc3)[OH+][SiH-]O2)cc1. The molecule has 138 valence electrons. The summed E-state index contributed by atoms with van der Waals surface area (Å²) in [6, 6.07) is 17.6. The highest BCUT2D eigenvalue weighted by Gasteiger charge is 2.20. The largest absolute Gasteiger partial charge is 0.648 e. The van der Waals surface area contributed by atoms with E-state index in [0.717, 1.165) is 11.3 Å². The summed E-state index contributed by atoms with van der Waals surface area (Å²) in [4.78, 5) is 0. The maximum absolute atomic E-state index is 5.90. The van der Waals surface area contributed by atoms with E-state index in [1.807, 2.05) is 0 Å². The van der Waals surface area contributed by atoms with E-state index in [-0.39, 0.29) is 26.9 Å². The second-order valence-corrected chi connectivity index (χ2v) is 9.79. The summed E-state index contributed by atoms with van der Waals surface area (Å²) in [5.74, 6) is 0.959. The van der Waals surface area contributed by atoms with E-state index in [4.69, 9.17) is 8.85 Å². The van der Waals surface area contributed by atoms with Crippen molar-refractivity contribution in [3.8, 4) is 0 Å². The molecule has 0 bridgehead atoms. The summed E-state index contributed by atoms with van der Waals surface area (Å²) in [5.41, 5.74) is 5.39. The summed E-state index contributed by atoms with van der Waals surface area (Å²) in [5, 5.41) is 0. The van der Waals surface area contributed by atoms with Gasteiger partial charge in [-0.1, -0.05) is 90.1 Å². The summed E-state index contributed by atoms with van der Waals surface area (Å²) >= 11 is 0. The minimum Gasteiger partial charge on any atom is -0.648 e. The van der Waals surface area contributed by atoms with E-state index >= 15 is 0 Å². The molecule has 1 atom stereocenters. The summed E-state index contributed by atoms with van der Waals surface area (Å²) < 4.78 is 10.6. The van der Waals surface area contributed by atoms with Gasteiger partial charge in [-0.25, -0.2) is 0 Å². The van der Waals surface area contributed by atoms with Gasteiger partial charge in [0.1, 0.15) is 0 Å². The monoisotopic (exact) mass is 366 g/mol. The first-order valence-electron chi connectivity index (χ1n) is 9.26. The van der Waals surface area contributed by atoms with Crippen LogP contribution in [0.2, 0.25) is 0 Å². The van der Waals surface area contributed by atoms with Gasteiger partial charge in [-0.2, -0.15) is 0 Å². The molecule has 26 heavy (non-hydrogen) atoms. The van der Waals surface area contributed by atoms with Gasteiger partial charge in [0, 0.05) is 17.2 Å². The fraction of sp³-hybridized carbons (Fsp3) is 0.391. The van der Waals surface area contributed by atoms with Crippen LogP contribution in [-0.4, -0.2) is 14.4 Å². The Morgan fingerprint density at radius 1 is 0.769 bits per heavy atom. The molecule has 2 aromatic rings. The van der Waals surface area contributed by atoms with Crippen LogP contribution in [0.15, 0.2) is 54.6 Å². The molecule has 3 rings (SSSR count). The first-order valence-corrected chi connectivity index (χ1v) is 10.2. The predicted molar refractivity (Wildman–Crippen MR) is 111 cm³/mol. The van der Waals surface area contributed by atoms with Crippen LogP contribution >= 0.6 is 0 Å². The third-order valence-electron chi connectivity index (χ3n) is 4.86. The van der Waals surface area contributed by atoms with E-state index in [1.165, 1.54) is 16.7 Å². The zero-order chi connectivity index (χ0) is 18.9. The number of rotatable bonds is 2. The molecule has 0 fully saturated rings. The van der Waals surface area contributed by atoms with Gasteiger partial charge in [0.25, 0.3) is 0 Å². The van der Waals surface area contributed by atoms with Crippen molar-refractivity contribution in [1.29, 1.82) is 0 Å². The Hall–Kier alpha value is -1.84. The maximum Gasteiger partial charge on any atom is 0.368 e. The lowest BCUT2D eigenvalue weighted by Gasteiger charge is -2.29. The van der Waals surface area contributed by atoms with E-state index in [9.17, 15) is 0 Å². The second-order valence-electron chi connectivity index (χ2n) is 9.05. The molecule has 0 spiro atoms. The average molecular weight is 367 g/mol. The van der Waals surface area contributed by atoms with Crippen LogP contribution in [0.3, 0.4) is 0 Å². The van der Waals surface area contributed by atoms with Gasteiger partial charge in [-0.05, 0) is 22.0 Å². The molecule has 1 aliphatic heterocycles. The number of hydrogen-bond donors (Lipinski definition) is 0. The molecule has 0 aromatic heterocycles. The van der Waals surface area contributed by atoms with Crippen molar-refractivity contribution in [3.63, 3.8) is 0 Å². The third kappa shape index (κ3) is 4.28. The average Bonchev–Trinajstić information content (AvgIpc) is 2.61.